The first-order valence-corrected chi connectivity index (χ1v) is 21.0. The molecule has 0 amide bonds. The van der Waals surface area contributed by atoms with Crippen molar-refractivity contribution < 1.29 is 37.8 Å². The minimum Gasteiger partial charge on any atom is -0.392 e. The summed E-state index contributed by atoms with van der Waals surface area (Å²) in [6.45, 7) is 6.51. The summed E-state index contributed by atoms with van der Waals surface area (Å²) in [5.41, 5.74) is 1.41. The van der Waals surface area contributed by atoms with Crippen LogP contribution >= 0.6 is 12.0 Å². The molecule has 24 heteroatoms. The maximum absolute atomic E-state index is 12.7. The fourth-order valence-electron chi connectivity index (χ4n) is 5.13. The molecule has 0 aliphatic heterocycles. The van der Waals surface area contributed by atoms with E-state index in [-0.39, 0.29) is 54.1 Å². The third-order valence-corrected chi connectivity index (χ3v) is 9.50. The van der Waals surface area contributed by atoms with E-state index in [9.17, 15) is 23.2 Å². The molecule has 0 saturated carbocycles. The Labute approximate surface area is 353 Å². The maximum atomic E-state index is 12.7. The molecule has 4 aromatic rings. The lowest BCUT2D eigenvalue weighted by Gasteiger charge is -2.14. The van der Waals surface area contributed by atoms with Gasteiger partial charge in [0.1, 0.15) is 4.90 Å². The van der Waals surface area contributed by atoms with Crippen LogP contribution in [0.5, 0.6) is 0 Å². The van der Waals surface area contributed by atoms with Crippen molar-refractivity contribution in [3.8, 4) is 0 Å². The van der Waals surface area contributed by atoms with Crippen LogP contribution < -0.4 is 31.9 Å². The van der Waals surface area contributed by atoms with Crippen LogP contribution in [0.4, 0.5) is 47.1 Å². The van der Waals surface area contributed by atoms with Crippen LogP contribution in [0, 0.1) is 0 Å². The van der Waals surface area contributed by atoms with Crippen LogP contribution in [0.25, 0.3) is 12.2 Å². The molecule has 2 aromatic carbocycles. The summed E-state index contributed by atoms with van der Waals surface area (Å²) < 4.78 is 40.3. The average Bonchev–Trinajstić information content (AvgIpc) is 3.18. The summed E-state index contributed by atoms with van der Waals surface area (Å²) in [5.74, 6) is 1.26. The number of aromatic nitrogens is 6. The Morgan fingerprint density at radius 3 is 1.57 bits per heavy atom. The van der Waals surface area contributed by atoms with Crippen molar-refractivity contribution >= 4 is 81.4 Å². The number of nitrogens with zero attached hydrogens (tertiary/aromatic N) is 8. The van der Waals surface area contributed by atoms with Gasteiger partial charge in [-0.15, -0.1) is 4.33 Å². The second-order valence-electron chi connectivity index (χ2n) is 14.0. The van der Waals surface area contributed by atoms with Crippen molar-refractivity contribution in [2.45, 2.75) is 48.7 Å². The van der Waals surface area contributed by atoms with Gasteiger partial charge < -0.3 is 51.9 Å². The van der Waals surface area contributed by atoms with Crippen LogP contribution in [0.15, 0.2) is 46.2 Å². The zero-order valence-electron chi connectivity index (χ0n) is 34.2. The second-order valence-corrected chi connectivity index (χ2v) is 16.2. The molecule has 0 bridgehead atoms. The molecular formula is C36H54N14O8S2. The van der Waals surface area contributed by atoms with E-state index in [1.54, 1.807) is 44.2 Å². The fourth-order valence-corrected chi connectivity index (χ4v) is 6.35. The molecule has 0 aliphatic carbocycles. The molecule has 4 rings (SSSR count). The van der Waals surface area contributed by atoms with Gasteiger partial charge in [-0.1, -0.05) is 29.3 Å². The number of aliphatic hydroxyl groups is 2. The van der Waals surface area contributed by atoms with Gasteiger partial charge in [-0.25, -0.2) is 5.26 Å². The van der Waals surface area contributed by atoms with E-state index < -0.39 is 27.2 Å². The van der Waals surface area contributed by atoms with Crippen LogP contribution in [-0.4, -0.2) is 148 Å². The summed E-state index contributed by atoms with van der Waals surface area (Å²) >= 11 is 0.672. The number of hydrogen-bond acceptors (Lipinski definition) is 22. The number of anilines is 8. The molecule has 60 heavy (non-hydrogen) atoms. The van der Waals surface area contributed by atoms with E-state index in [2.05, 4.69) is 71.7 Å². The summed E-state index contributed by atoms with van der Waals surface area (Å²) in [6, 6.07) is 9.36. The number of nitrogens with one attached hydrogen (secondary N) is 6. The van der Waals surface area contributed by atoms with Gasteiger partial charge in [0, 0.05) is 42.4 Å². The smallest absolute Gasteiger partial charge is 0.295 e. The third kappa shape index (κ3) is 16.9. The number of rotatable bonds is 26. The lowest BCUT2D eigenvalue weighted by molar-refractivity contribution is -0.432. The highest BCUT2D eigenvalue weighted by Crippen LogP contribution is 2.31. The molecular weight excluding hydrogens is 821 g/mol. The normalized spacial score (nSPS) is 12.8. The van der Waals surface area contributed by atoms with Gasteiger partial charge in [-0.05, 0) is 103 Å². The van der Waals surface area contributed by atoms with Gasteiger partial charge in [0.2, 0.25) is 35.7 Å². The van der Waals surface area contributed by atoms with E-state index in [4.69, 9.17) is 9.59 Å². The minimum absolute atomic E-state index is 0.0798. The average molecular weight is 875 g/mol. The zero-order chi connectivity index (χ0) is 43.7. The Kier molecular flexibility index (Phi) is 18.8. The summed E-state index contributed by atoms with van der Waals surface area (Å²) in [7, 11) is 3.17. The van der Waals surface area contributed by atoms with Gasteiger partial charge >= 0.3 is 0 Å². The van der Waals surface area contributed by atoms with Crippen LogP contribution in [0.1, 0.15) is 37.8 Å². The summed E-state index contributed by atoms with van der Waals surface area (Å²) in [6.07, 6.45) is 3.40. The first kappa shape index (κ1) is 47.7. The van der Waals surface area contributed by atoms with Gasteiger partial charge in [0.15, 0.2) is 0 Å². The molecule has 0 aliphatic rings. The predicted molar refractivity (Wildman–Crippen MR) is 232 cm³/mol. The van der Waals surface area contributed by atoms with Crippen LogP contribution in [-0.2, 0) is 19.5 Å². The van der Waals surface area contributed by atoms with Gasteiger partial charge in [0.25, 0.3) is 10.1 Å². The highest BCUT2D eigenvalue weighted by atomic mass is 32.2. The van der Waals surface area contributed by atoms with Crippen molar-refractivity contribution in [3.63, 3.8) is 0 Å². The Morgan fingerprint density at radius 1 is 0.683 bits per heavy atom. The molecule has 0 spiro atoms. The maximum Gasteiger partial charge on any atom is 0.295 e. The summed E-state index contributed by atoms with van der Waals surface area (Å²) in [4.78, 5) is 30.6. The number of benzene rings is 2. The zero-order valence-corrected chi connectivity index (χ0v) is 35.9. The predicted octanol–water partition coefficient (Wildman–Crippen LogP) is 3.70. The third-order valence-electron chi connectivity index (χ3n) is 7.93. The van der Waals surface area contributed by atoms with Gasteiger partial charge in [0.05, 0.1) is 24.3 Å². The second kappa shape index (κ2) is 23.7. The standard InChI is InChI=1S/C36H54N14O8S2/c1-23(51)21-39-33-43-31(37-15-7-17-49(3)4)45-35(47-33)41-27-13-11-25(29(19-27)59-58-57-53)9-10-26-12-14-28(20-30(26)60(54,55)56)42-36-46-32(38-16-8-18-50(5)6)44-34(48-36)40-22-24(2)52/h9-14,19-20,23-24,51-53H,7-8,15-18,21-22H2,1-6H3,(H,54,55,56)(H3,37,39,41,43,45,47)(H3,38,40,42,44,46,48)/b10-9+. The highest BCUT2D eigenvalue weighted by Gasteiger charge is 2.17. The minimum atomic E-state index is -4.74. The lowest BCUT2D eigenvalue weighted by atomic mass is 10.1. The Bertz CT molecular complexity index is 2110. The topological polar surface area (TPSA) is 290 Å². The van der Waals surface area contributed by atoms with Gasteiger partial charge in [-0.2, -0.15) is 38.3 Å². The molecule has 328 valence electrons. The largest absolute Gasteiger partial charge is 0.392 e. The van der Waals surface area contributed by atoms with Crippen molar-refractivity contribution in [3.05, 3.63) is 47.5 Å². The first-order valence-electron chi connectivity index (χ1n) is 18.8. The van der Waals surface area contributed by atoms with Crippen LogP contribution in [0.2, 0.25) is 0 Å². The molecule has 22 nitrogen and oxygen atoms in total. The summed E-state index contributed by atoms with van der Waals surface area (Å²) in [5, 5.41) is 50.7. The lowest BCUT2D eigenvalue weighted by Crippen LogP contribution is -2.19. The highest BCUT2D eigenvalue weighted by molar-refractivity contribution is 7.94. The Hall–Kier alpha value is -5.02. The molecule has 2 atom stereocenters. The molecule has 2 unspecified atom stereocenters. The SMILES string of the molecule is CC(O)CNc1nc(NCCCN(C)C)nc(Nc2ccc(/C=C/c3ccc(Nc4nc(NCCCN(C)C)nc(NCC(C)O)n4)cc3S(=O)(=O)O)c(SOOO)c2)n1. The van der Waals surface area contributed by atoms with E-state index in [0.29, 0.717) is 47.2 Å². The van der Waals surface area contributed by atoms with Crippen molar-refractivity contribution in [1.29, 1.82) is 0 Å². The van der Waals surface area contributed by atoms with Crippen molar-refractivity contribution in [2.24, 2.45) is 0 Å². The number of aliphatic hydroxyl groups excluding tert-OH is 2. The van der Waals surface area contributed by atoms with E-state index >= 15 is 0 Å². The monoisotopic (exact) mass is 874 g/mol. The number of hydrogen-bond donors (Lipinski definition) is 10. The van der Waals surface area contributed by atoms with Gasteiger partial charge in [-0.3, -0.25) is 4.55 Å². The Balaban J connectivity index is 1.59. The first-order chi connectivity index (χ1) is 28.6. The van der Waals surface area contributed by atoms with E-state index in [0.717, 1.165) is 25.9 Å². The Morgan fingerprint density at radius 2 is 1.12 bits per heavy atom. The molecule has 0 radical (unpaired) electrons. The molecule has 2 heterocycles. The van der Waals surface area contributed by atoms with Crippen molar-refractivity contribution in [2.75, 3.05) is 99.4 Å². The van der Waals surface area contributed by atoms with Crippen LogP contribution in [0.3, 0.4) is 0 Å². The van der Waals surface area contributed by atoms with Crippen molar-refractivity contribution in [1.82, 2.24) is 39.7 Å². The quantitative estimate of drug-likeness (QED) is 0.0107. The fraction of sp³-hybridized carbons (Fsp3) is 0.444. The van der Waals surface area contributed by atoms with E-state index in [1.165, 1.54) is 18.2 Å². The molecule has 0 saturated heterocycles. The molecule has 2 aromatic heterocycles. The molecule has 0 fully saturated rings. The van der Waals surface area contributed by atoms with E-state index in [1.807, 2.05) is 33.1 Å². The molecule has 10 N–H and O–H groups in total.